The summed E-state index contributed by atoms with van der Waals surface area (Å²) >= 11 is 0. The van der Waals surface area contributed by atoms with Crippen molar-refractivity contribution in [3.8, 4) is 5.75 Å². The average Bonchev–Trinajstić information content (AvgIpc) is 2.42. The fourth-order valence-electron chi connectivity index (χ4n) is 1.80. The standard InChI is InChI=1S/C14H17F3O3/c1-3-6-10(13(18)19-2)9-20-12-8-5-4-7-11(12)14(15,16)17/h4-5,7-8,10H,3,6,9H2,1-2H3. The van der Waals surface area contributed by atoms with Gasteiger partial charge in [-0.1, -0.05) is 25.5 Å². The first-order valence-corrected chi connectivity index (χ1v) is 6.27. The van der Waals surface area contributed by atoms with E-state index < -0.39 is 23.6 Å². The molecule has 0 bridgehead atoms. The van der Waals surface area contributed by atoms with Crippen molar-refractivity contribution in [1.82, 2.24) is 0 Å². The zero-order valence-electron chi connectivity index (χ0n) is 11.4. The maximum atomic E-state index is 12.8. The molecule has 20 heavy (non-hydrogen) atoms. The van der Waals surface area contributed by atoms with E-state index in [1.165, 1.54) is 25.3 Å². The Hall–Kier alpha value is -1.72. The quantitative estimate of drug-likeness (QED) is 0.750. The molecule has 0 aliphatic heterocycles. The van der Waals surface area contributed by atoms with Crippen molar-refractivity contribution in [2.45, 2.75) is 25.9 Å². The Morgan fingerprint density at radius 2 is 1.95 bits per heavy atom. The number of para-hydroxylation sites is 1. The number of ether oxygens (including phenoxy) is 2. The number of hydrogen-bond acceptors (Lipinski definition) is 3. The number of carbonyl (C=O) groups is 1. The molecule has 0 radical (unpaired) electrons. The van der Waals surface area contributed by atoms with Gasteiger partial charge in [-0.15, -0.1) is 0 Å². The molecule has 0 amide bonds. The Kier molecular flexibility index (Phi) is 5.85. The van der Waals surface area contributed by atoms with E-state index in [1.807, 2.05) is 6.92 Å². The lowest BCUT2D eigenvalue weighted by Gasteiger charge is -2.17. The summed E-state index contributed by atoms with van der Waals surface area (Å²) in [7, 11) is 1.24. The number of halogens is 3. The summed E-state index contributed by atoms with van der Waals surface area (Å²) in [6, 6.07) is 4.93. The summed E-state index contributed by atoms with van der Waals surface area (Å²) in [6.45, 7) is 1.74. The van der Waals surface area contributed by atoms with E-state index in [4.69, 9.17) is 4.74 Å². The van der Waals surface area contributed by atoms with Gasteiger partial charge in [0.15, 0.2) is 0 Å². The maximum absolute atomic E-state index is 12.8. The molecule has 112 valence electrons. The summed E-state index contributed by atoms with van der Waals surface area (Å²) in [5.41, 5.74) is -0.847. The molecule has 1 aromatic carbocycles. The summed E-state index contributed by atoms with van der Waals surface area (Å²) in [5.74, 6) is -1.31. The maximum Gasteiger partial charge on any atom is 0.419 e. The van der Waals surface area contributed by atoms with Crippen LogP contribution in [0, 0.1) is 5.92 Å². The molecular weight excluding hydrogens is 273 g/mol. The van der Waals surface area contributed by atoms with Gasteiger partial charge in [0.2, 0.25) is 0 Å². The number of benzene rings is 1. The Balaban J connectivity index is 2.80. The molecule has 1 aromatic rings. The van der Waals surface area contributed by atoms with Gasteiger partial charge >= 0.3 is 12.1 Å². The Bertz CT molecular complexity index is 444. The van der Waals surface area contributed by atoms with E-state index in [0.717, 1.165) is 6.07 Å². The second kappa shape index (κ2) is 7.17. The van der Waals surface area contributed by atoms with Gasteiger partial charge in [-0.25, -0.2) is 0 Å². The zero-order chi connectivity index (χ0) is 15.2. The van der Waals surface area contributed by atoms with Crippen LogP contribution in [0.2, 0.25) is 0 Å². The van der Waals surface area contributed by atoms with Crippen molar-refractivity contribution in [1.29, 1.82) is 0 Å². The van der Waals surface area contributed by atoms with Gasteiger partial charge in [0.05, 0.1) is 18.6 Å². The molecule has 0 N–H and O–H groups in total. The molecule has 6 heteroatoms. The average molecular weight is 290 g/mol. The normalized spacial score (nSPS) is 12.8. The van der Waals surface area contributed by atoms with Crippen LogP contribution in [-0.2, 0) is 15.7 Å². The van der Waals surface area contributed by atoms with Crippen LogP contribution >= 0.6 is 0 Å². The summed E-state index contributed by atoms with van der Waals surface area (Å²) in [4.78, 5) is 11.5. The van der Waals surface area contributed by atoms with Crippen LogP contribution in [0.15, 0.2) is 24.3 Å². The molecule has 0 aliphatic carbocycles. The summed E-state index contributed by atoms with van der Waals surface area (Å²) in [5, 5.41) is 0. The molecule has 0 aromatic heterocycles. The van der Waals surface area contributed by atoms with Gasteiger partial charge in [0.25, 0.3) is 0 Å². The lowest BCUT2D eigenvalue weighted by molar-refractivity contribution is -0.147. The molecule has 1 rings (SSSR count). The minimum atomic E-state index is -4.48. The van der Waals surface area contributed by atoms with Crippen molar-refractivity contribution in [2.75, 3.05) is 13.7 Å². The topological polar surface area (TPSA) is 35.5 Å². The second-order valence-electron chi connectivity index (χ2n) is 4.31. The van der Waals surface area contributed by atoms with Crippen LogP contribution in [-0.4, -0.2) is 19.7 Å². The lowest BCUT2D eigenvalue weighted by atomic mass is 10.1. The predicted molar refractivity (Wildman–Crippen MR) is 67.4 cm³/mol. The fourth-order valence-corrected chi connectivity index (χ4v) is 1.80. The van der Waals surface area contributed by atoms with E-state index >= 15 is 0 Å². The number of hydrogen-bond donors (Lipinski definition) is 0. The van der Waals surface area contributed by atoms with E-state index in [2.05, 4.69) is 4.74 Å². The Morgan fingerprint density at radius 1 is 1.30 bits per heavy atom. The molecular formula is C14H17F3O3. The molecule has 0 spiro atoms. The zero-order valence-corrected chi connectivity index (χ0v) is 11.4. The highest BCUT2D eigenvalue weighted by Crippen LogP contribution is 2.36. The molecule has 0 saturated carbocycles. The number of rotatable bonds is 6. The highest BCUT2D eigenvalue weighted by Gasteiger charge is 2.34. The summed E-state index contributed by atoms with van der Waals surface area (Å²) in [6.07, 6.45) is -3.27. The minimum Gasteiger partial charge on any atom is -0.492 e. The Morgan fingerprint density at radius 3 is 2.50 bits per heavy atom. The third kappa shape index (κ3) is 4.43. The van der Waals surface area contributed by atoms with E-state index in [1.54, 1.807) is 0 Å². The van der Waals surface area contributed by atoms with Crippen LogP contribution in [0.1, 0.15) is 25.3 Å². The molecule has 0 aliphatic rings. The van der Waals surface area contributed by atoms with Crippen molar-refractivity contribution in [3.63, 3.8) is 0 Å². The minimum absolute atomic E-state index is 0.131. The number of alkyl halides is 3. The highest BCUT2D eigenvalue weighted by atomic mass is 19.4. The van der Waals surface area contributed by atoms with Crippen LogP contribution in [0.4, 0.5) is 13.2 Å². The smallest absolute Gasteiger partial charge is 0.419 e. The first-order valence-electron chi connectivity index (χ1n) is 6.27. The third-order valence-electron chi connectivity index (χ3n) is 2.80. The largest absolute Gasteiger partial charge is 0.492 e. The number of esters is 1. The van der Waals surface area contributed by atoms with Gasteiger partial charge in [0.1, 0.15) is 12.4 Å². The molecule has 1 atom stereocenters. The fraction of sp³-hybridized carbons (Fsp3) is 0.500. The number of carbonyl (C=O) groups excluding carboxylic acids is 1. The van der Waals surface area contributed by atoms with Crippen molar-refractivity contribution in [2.24, 2.45) is 5.92 Å². The SMILES string of the molecule is CCCC(COc1ccccc1C(F)(F)F)C(=O)OC. The molecule has 0 saturated heterocycles. The molecule has 0 fully saturated rings. The molecule has 1 unspecified atom stereocenters. The lowest BCUT2D eigenvalue weighted by Crippen LogP contribution is -2.23. The van der Waals surface area contributed by atoms with Crippen LogP contribution < -0.4 is 4.74 Å². The van der Waals surface area contributed by atoms with Gasteiger partial charge in [-0.2, -0.15) is 13.2 Å². The van der Waals surface area contributed by atoms with E-state index in [9.17, 15) is 18.0 Å². The summed E-state index contributed by atoms with van der Waals surface area (Å²) < 4.78 is 48.1. The second-order valence-corrected chi connectivity index (χ2v) is 4.31. The Labute approximate surface area is 115 Å². The molecule has 0 heterocycles. The van der Waals surface area contributed by atoms with E-state index in [0.29, 0.717) is 12.8 Å². The van der Waals surface area contributed by atoms with Gasteiger partial charge in [-0.3, -0.25) is 4.79 Å². The highest BCUT2D eigenvalue weighted by molar-refractivity contribution is 5.72. The van der Waals surface area contributed by atoms with Crippen molar-refractivity contribution >= 4 is 5.97 Å². The first kappa shape index (κ1) is 16.3. The van der Waals surface area contributed by atoms with Crippen LogP contribution in [0.25, 0.3) is 0 Å². The predicted octanol–water partition coefficient (Wildman–Crippen LogP) is 3.67. The third-order valence-corrected chi connectivity index (χ3v) is 2.80. The van der Waals surface area contributed by atoms with Gasteiger partial charge < -0.3 is 9.47 Å². The van der Waals surface area contributed by atoms with Crippen LogP contribution in [0.3, 0.4) is 0 Å². The van der Waals surface area contributed by atoms with Crippen molar-refractivity contribution in [3.05, 3.63) is 29.8 Å². The first-order chi connectivity index (χ1) is 9.40. The molecule has 3 nitrogen and oxygen atoms in total. The number of methoxy groups -OCH3 is 1. The van der Waals surface area contributed by atoms with E-state index in [-0.39, 0.29) is 12.4 Å². The van der Waals surface area contributed by atoms with Crippen molar-refractivity contribution < 1.29 is 27.4 Å². The van der Waals surface area contributed by atoms with Crippen LogP contribution in [0.5, 0.6) is 5.75 Å². The monoisotopic (exact) mass is 290 g/mol. The van der Waals surface area contributed by atoms with Gasteiger partial charge in [-0.05, 0) is 18.6 Å². The van der Waals surface area contributed by atoms with Gasteiger partial charge in [0, 0.05) is 0 Å².